The molecule has 0 aromatic carbocycles. The normalized spacial score (nSPS) is 9.70. The second kappa shape index (κ2) is 4.16. The molecule has 0 unspecified atom stereocenters. The third-order valence-corrected chi connectivity index (χ3v) is 3.59. The average molecular weight is 237 g/mol. The van der Waals surface area contributed by atoms with Crippen LogP contribution in [-0.2, 0) is 4.79 Å². The van der Waals surface area contributed by atoms with Crippen molar-refractivity contribution < 1.29 is 4.79 Å². The molecule has 0 aliphatic rings. The highest BCUT2D eigenvalue weighted by Gasteiger charge is 1.95. The third kappa shape index (κ3) is 2.44. The van der Waals surface area contributed by atoms with Crippen LogP contribution in [0.3, 0.4) is 0 Å². The maximum Gasteiger partial charge on any atom is 0.130 e. The van der Waals surface area contributed by atoms with Gasteiger partial charge in [-0.1, -0.05) is 0 Å². The molecule has 4 heteroatoms. The maximum absolute atomic E-state index is 9.96. The summed E-state index contributed by atoms with van der Waals surface area (Å²) < 4.78 is 2.29. The zero-order chi connectivity index (χ0) is 7.40. The van der Waals surface area contributed by atoms with Crippen LogP contribution in [0.15, 0.2) is 20.1 Å². The lowest BCUT2D eigenvalue weighted by Gasteiger charge is -1.86. The van der Waals surface area contributed by atoms with Gasteiger partial charge < -0.3 is 4.79 Å². The fraction of sp³-hybridized carbons (Fsp3) is 0.167. The van der Waals surface area contributed by atoms with Crippen LogP contribution >= 0.6 is 39.0 Å². The Kier molecular flexibility index (Phi) is 3.45. The van der Waals surface area contributed by atoms with Gasteiger partial charge in [0.1, 0.15) is 6.29 Å². The first-order chi connectivity index (χ1) is 4.83. The van der Waals surface area contributed by atoms with E-state index < -0.39 is 0 Å². The first kappa shape index (κ1) is 8.30. The second-order valence-electron chi connectivity index (χ2n) is 1.54. The van der Waals surface area contributed by atoms with E-state index in [2.05, 4.69) is 15.9 Å². The van der Waals surface area contributed by atoms with E-state index >= 15 is 0 Å². The molecule has 0 aliphatic heterocycles. The van der Waals surface area contributed by atoms with E-state index in [0.29, 0.717) is 5.75 Å². The molecule has 1 rings (SSSR count). The molecule has 0 atom stereocenters. The van der Waals surface area contributed by atoms with E-state index in [1.807, 2.05) is 12.1 Å². The second-order valence-corrected chi connectivity index (χ2v) is 5.32. The SMILES string of the molecule is O=CCSc1ccc(Br)s1. The van der Waals surface area contributed by atoms with Crippen LogP contribution < -0.4 is 0 Å². The molecular weight excluding hydrogens is 232 g/mol. The van der Waals surface area contributed by atoms with Crippen molar-refractivity contribution in [3.8, 4) is 0 Å². The minimum atomic E-state index is 0.549. The van der Waals surface area contributed by atoms with Crippen molar-refractivity contribution >= 4 is 45.3 Å². The summed E-state index contributed by atoms with van der Waals surface area (Å²) in [6.45, 7) is 0. The highest BCUT2D eigenvalue weighted by Crippen LogP contribution is 2.29. The molecule has 1 nitrogen and oxygen atoms in total. The summed E-state index contributed by atoms with van der Waals surface area (Å²) in [6.07, 6.45) is 0.915. The van der Waals surface area contributed by atoms with Crippen LogP contribution in [0.25, 0.3) is 0 Å². The molecule has 0 saturated heterocycles. The van der Waals surface area contributed by atoms with E-state index in [1.165, 1.54) is 4.21 Å². The molecule has 1 aromatic rings. The van der Waals surface area contributed by atoms with Crippen molar-refractivity contribution in [3.63, 3.8) is 0 Å². The van der Waals surface area contributed by atoms with Crippen LogP contribution in [0.4, 0.5) is 0 Å². The lowest BCUT2D eigenvalue weighted by Crippen LogP contribution is -1.73. The molecule has 0 bridgehead atoms. The Balaban J connectivity index is 2.49. The fourth-order valence-corrected chi connectivity index (χ4v) is 3.04. The molecule has 0 N–H and O–H groups in total. The predicted octanol–water partition coefficient (Wildman–Crippen LogP) is 2.80. The molecule has 0 aliphatic carbocycles. The van der Waals surface area contributed by atoms with Gasteiger partial charge in [-0.15, -0.1) is 23.1 Å². The monoisotopic (exact) mass is 236 g/mol. The average Bonchev–Trinajstić information content (AvgIpc) is 2.31. The predicted molar refractivity (Wildman–Crippen MR) is 48.8 cm³/mol. The van der Waals surface area contributed by atoms with Crippen molar-refractivity contribution in [1.82, 2.24) is 0 Å². The Bertz CT molecular complexity index is 221. The largest absolute Gasteiger partial charge is 0.302 e. The van der Waals surface area contributed by atoms with Crippen molar-refractivity contribution in [1.29, 1.82) is 0 Å². The molecule has 0 fully saturated rings. The molecule has 10 heavy (non-hydrogen) atoms. The lowest BCUT2D eigenvalue weighted by atomic mass is 10.7. The summed E-state index contributed by atoms with van der Waals surface area (Å²) in [7, 11) is 0. The fourth-order valence-electron chi connectivity index (χ4n) is 0.491. The molecule has 0 radical (unpaired) electrons. The molecule has 0 spiro atoms. The van der Waals surface area contributed by atoms with Gasteiger partial charge in [-0.25, -0.2) is 0 Å². The Morgan fingerprint density at radius 3 is 3.00 bits per heavy atom. The zero-order valence-corrected chi connectivity index (χ0v) is 8.26. The Morgan fingerprint density at radius 2 is 2.50 bits per heavy atom. The van der Waals surface area contributed by atoms with Gasteiger partial charge in [-0.05, 0) is 28.1 Å². The van der Waals surface area contributed by atoms with Crippen LogP contribution in [0.1, 0.15) is 0 Å². The number of aldehydes is 1. The van der Waals surface area contributed by atoms with Crippen LogP contribution in [0, 0.1) is 0 Å². The van der Waals surface area contributed by atoms with Crippen LogP contribution in [-0.4, -0.2) is 12.0 Å². The number of thioether (sulfide) groups is 1. The molecule has 1 heterocycles. The third-order valence-electron chi connectivity index (χ3n) is 0.842. The van der Waals surface area contributed by atoms with E-state index in [9.17, 15) is 4.79 Å². The summed E-state index contributed by atoms with van der Waals surface area (Å²) in [4.78, 5) is 9.96. The number of halogens is 1. The van der Waals surface area contributed by atoms with E-state index in [4.69, 9.17) is 0 Å². The smallest absolute Gasteiger partial charge is 0.130 e. The van der Waals surface area contributed by atoms with Gasteiger partial charge in [0.2, 0.25) is 0 Å². The molecule has 0 amide bonds. The van der Waals surface area contributed by atoms with Gasteiger partial charge in [0.05, 0.1) is 13.7 Å². The van der Waals surface area contributed by atoms with Gasteiger partial charge in [-0.2, -0.15) is 0 Å². The van der Waals surface area contributed by atoms with Gasteiger partial charge in [-0.3, -0.25) is 0 Å². The summed E-state index contributed by atoms with van der Waals surface area (Å²) >= 11 is 6.55. The summed E-state index contributed by atoms with van der Waals surface area (Å²) in [6, 6.07) is 3.99. The Labute approximate surface area is 76.0 Å². The number of thiophene rings is 1. The molecular formula is C6H5BrOS2. The van der Waals surface area contributed by atoms with Crippen molar-refractivity contribution in [2.45, 2.75) is 4.21 Å². The van der Waals surface area contributed by atoms with Gasteiger partial charge >= 0.3 is 0 Å². The zero-order valence-electron chi connectivity index (χ0n) is 5.04. The lowest BCUT2D eigenvalue weighted by molar-refractivity contribution is -0.105. The van der Waals surface area contributed by atoms with Crippen molar-refractivity contribution in [3.05, 3.63) is 15.9 Å². The number of hydrogen-bond acceptors (Lipinski definition) is 3. The Hall–Kier alpha value is 0.200. The minimum absolute atomic E-state index is 0.549. The highest BCUT2D eigenvalue weighted by molar-refractivity contribution is 9.11. The molecule has 0 saturated carbocycles. The highest BCUT2D eigenvalue weighted by atomic mass is 79.9. The van der Waals surface area contributed by atoms with E-state index in [-0.39, 0.29) is 0 Å². The number of hydrogen-bond donors (Lipinski definition) is 0. The molecule has 54 valence electrons. The van der Waals surface area contributed by atoms with Crippen LogP contribution in [0.5, 0.6) is 0 Å². The minimum Gasteiger partial charge on any atom is -0.302 e. The Morgan fingerprint density at radius 1 is 1.70 bits per heavy atom. The topological polar surface area (TPSA) is 17.1 Å². The van der Waals surface area contributed by atoms with Gasteiger partial charge in [0.15, 0.2) is 0 Å². The molecule has 1 aromatic heterocycles. The maximum atomic E-state index is 9.96. The standard InChI is InChI=1S/C6H5BrOS2/c7-5-1-2-6(10-5)9-4-3-8/h1-3H,4H2. The van der Waals surface area contributed by atoms with E-state index in [0.717, 1.165) is 10.1 Å². The quantitative estimate of drug-likeness (QED) is 0.594. The first-order valence-electron chi connectivity index (χ1n) is 2.64. The van der Waals surface area contributed by atoms with Gasteiger partial charge in [0.25, 0.3) is 0 Å². The summed E-state index contributed by atoms with van der Waals surface area (Å²) in [5.41, 5.74) is 0. The van der Waals surface area contributed by atoms with Crippen molar-refractivity contribution in [2.24, 2.45) is 0 Å². The number of carbonyl (C=O) groups excluding carboxylic acids is 1. The first-order valence-corrected chi connectivity index (χ1v) is 5.24. The number of carbonyl (C=O) groups is 1. The van der Waals surface area contributed by atoms with Crippen LogP contribution in [0.2, 0.25) is 0 Å². The number of rotatable bonds is 3. The van der Waals surface area contributed by atoms with E-state index in [1.54, 1.807) is 23.1 Å². The van der Waals surface area contributed by atoms with Crippen molar-refractivity contribution in [2.75, 3.05) is 5.75 Å². The summed E-state index contributed by atoms with van der Waals surface area (Å²) in [5, 5.41) is 0. The van der Waals surface area contributed by atoms with Gasteiger partial charge in [0, 0.05) is 0 Å². The summed E-state index contributed by atoms with van der Waals surface area (Å²) in [5.74, 6) is 0.549.